The number of halogens is 2. The van der Waals surface area contributed by atoms with E-state index in [1.807, 2.05) is 0 Å². The van der Waals surface area contributed by atoms with Crippen molar-refractivity contribution in [3.05, 3.63) is 0 Å². The van der Waals surface area contributed by atoms with Crippen LogP contribution in [0, 0.1) is 11.8 Å². The van der Waals surface area contributed by atoms with Crippen LogP contribution in [0.3, 0.4) is 0 Å². The Bertz CT molecular complexity index is 351. The summed E-state index contributed by atoms with van der Waals surface area (Å²) in [7, 11) is 0. The number of primary amides is 1. The number of aliphatic hydroxyl groups is 1. The van der Waals surface area contributed by atoms with E-state index < -0.39 is 6.10 Å². The predicted molar refractivity (Wildman–Crippen MR) is 79.9 cm³/mol. The van der Waals surface area contributed by atoms with Crippen molar-refractivity contribution in [2.24, 2.45) is 23.3 Å². The zero-order chi connectivity index (χ0) is 14.9. The Balaban J connectivity index is 1.91. The van der Waals surface area contributed by atoms with Gasteiger partial charge in [0.05, 0.1) is 16.9 Å². The number of likely N-dealkylation sites (tertiary alicyclic amines) is 1. The Labute approximate surface area is 129 Å². The monoisotopic (exact) mass is 323 g/mol. The van der Waals surface area contributed by atoms with Crippen molar-refractivity contribution in [1.29, 1.82) is 0 Å². The van der Waals surface area contributed by atoms with Crippen molar-refractivity contribution in [3.63, 3.8) is 0 Å². The molecule has 0 aromatic heterocycles. The van der Waals surface area contributed by atoms with Crippen molar-refractivity contribution >= 4 is 29.2 Å². The first-order chi connectivity index (χ1) is 9.40. The number of aliphatic hydroxyl groups excluding tert-OH is 1. The van der Waals surface area contributed by atoms with Crippen LogP contribution < -0.4 is 11.5 Å². The number of urea groups is 1. The molecule has 5 nitrogen and oxygen atoms in total. The van der Waals surface area contributed by atoms with Gasteiger partial charge in [-0.15, -0.1) is 23.2 Å². The molecular formula is C13H23Cl2N3O2. The molecule has 0 aromatic rings. The molecule has 2 rings (SSSR count). The lowest BCUT2D eigenvalue weighted by atomic mass is 9.74. The lowest BCUT2D eigenvalue weighted by Gasteiger charge is -2.42. The van der Waals surface area contributed by atoms with E-state index in [1.165, 1.54) is 0 Å². The fourth-order valence-corrected chi connectivity index (χ4v) is 3.98. The minimum atomic E-state index is -0.489. The van der Waals surface area contributed by atoms with Gasteiger partial charge in [0.1, 0.15) is 0 Å². The van der Waals surface area contributed by atoms with E-state index in [0.717, 1.165) is 12.8 Å². The van der Waals surface area contributed by atoms with E-state index in [-0.39, 0.29) is 28.7 Å². The summed E-state index contributed by atoms with van der Waals surface area (Å²) in [6, 6.07) is -0.481. The third-order valence-electron chi connectivity index (χ3n) is 4.74. The molecule has 0 aromatic carbocycles. The second-order valence-electron chi connectivity index (χ2n) is 5.97. The number of hydrogen-bond acceptors (Lipinski definition) is 3. The first-order valence-electron chi connectivity index (χ1n) is 7.16. The molecule has 7 heteroatoms. The molecule has 1 saturated carbocycles. The average molecular weight is 324 g/mol. The van der Waals surface area contributed by atoms with E-state index in [4.69, 9.17) is 34.7 Å². The van der Waals surface area contributed by atoms with Crippen molar-refractivity contribution in [3.8, 4) is 0 Å². The molecule has 2 aliphatic rings. The number of carbonyl (C=O) groups is 1. The molecule has 4 unspecified atom stereocenters. The van der Waals surface area contributed by atoms with Gasteiger partial charge in [0, 0.05) is 25.0 Å². The maximum Gasteiger partial charge on any atom is 0.314 e. The SMILES string of the molecule is NC(=O)N1CCC([C@@H](N)C2CC(Cl)C(Cl)CC2O)CC1. The molecule has 5 atom stereocenters. The number of amides is 2. The average Bonchev–Trinajstić information content (AvgIpc) is 2.42. The minimum absolute atomic E-state index is 0.0161. The quantitative estimate of drug-likeness (QED) is 0.664. The lowest BCUT2D eigenvalue weighted by Crippen LogP contribution is -2.52. The summed E-state index contributed by atoms with van der Waals surface area (Å²) in [5.41, 5.74) is 11.6. The number of carbonyl (C=O) groups excluding carboxylic acids is 1. The van der Waals surface area contributed by atoms with Crippen molar-refractivity contribution in [2.75, 3.05) is 13.1 Å². The summed E-state index contributed by atoms with van der Waals surface area (Å²) in [6.07, 6.45) is 2.30. The van der Waals surface area contributed by atoms with E-state index in [0.29, 0.717) is 31.8 Å². The normalized spacial score (nSPS) is 37.7. The number of nitrogens with zero attached hydrogens (tertiary/aromatic N) is 1. The molecule has 5 N–H and O–H groups in total. The topological polar surface area (TPSA) is 92.6 Å². The van der Waals surface area contributed by atoms with Gasteiger partial charge >= 0.3 is 6.03 Å². The van der Waals surface area contributed by atoms with Gasteiger partial charge in [0.15, 0.2) is 0 Å². The highest BCUT2D eigenvalue weighted by molar-refractivity contribution is 6.30. The molecule has 2 fully saturated rings. The zero-order valence-electron chi connectivity index (χ0n) is 11.4. The van der Waals surface area contributed by atoms with Crippen LogP contribution in [0.2, 0.25) is 0 Å². The van der Waals surface area contributed by atoms with Gasteiger partial charge in [-0.3, -0.25) is 0 Å². The van der Waals surface area contributed by atoms with Gasteiger partial charge < -0.3 is 21.5 Å². The van der Waals surface area contributed by atoms with Crippen LogP contribution in [0.25, 0.3) is 0 Å². The van der Waals surface area contributed by atoms with E-state index in [1.54, 1.807) is 4.90 Å². The molecule has 0 radical (unpaired) electrons. The van der Waals surface area contributed by atoms with Crippen LogP contribution >= 0.6 is 23.2 Å². The van der Waals surface area contributed by atoms with Gasteiger partial charge in [-0.05, 0) is 31.6 Å². The van der Waals surface area contributed by atoms with Crippen molar-refractivity contribution in [2.45, 2.75) is 48.6 Å². The largest absolute Gasteiger partial charge is 0.393 e. The molecular weight excluding hydrogens is 301 g/mol. The maximum atomic E-state index is 11.1. The number of nitrogens with two attached hydrogens (primary N) is 2. The molecule has 1 aliphatic carbocycles. The first-order valence-corrected chi connectivity index (χ1v) is 8.03. The molecule has 1 aliphatic heterocycles. The maximum absolute atomic E-state index is 11.1. The second kappa shape index (κ2) is 6.69. The van der Waals surface area contributed by atoms with E-state index in [2.05, 4.69) is 0 Å². The molecule has 0 spiro atoms. The van der Waals surface area contributed by atoms with Gasteiger partial charge in [0.2, 0.25) is 0 Å². The molecule has 2 amide bonds. The van der Waals surface area contributed by atoms with Crippen LogP contribution in [-0.4, -0.2) is 52.0 Å². The first kappa shape index (κ1) is 16.1. The molecule has 20 heavy (non-hydrogen) atoms. The summed E-state index contributed by atoms with van der Waals surface area (Å²) in [5.74, 6) is 0.277. The second-order valence-corrected chi connectivity index (χ2v) is 7.10. The minimum Gasteiger partial charge on any atom is -0.393 e. The summed E-state index contributed by atoms with van der Waals surface area (Å²) in [5, 5.41) is 9.87. The molecule has 1 saturated heterocycles. The van der Waals surface area contributed by atoms with Crippen LogP contribution in [0.15, 0.2) is 0 Å². The van der Waals surface area contributed by atoms with Crippen molar-refractivity contribution < 1.29 is 9.90 Å². The zero-order valence-corrected chi connectivity index (χ0v) is 12.9. The van der Waals surface area contributed by atoms with E-state index >= 15 is 0 Å². The van der Waals surface area contributed by atoms with Gasteiger partial charge in [0.25, 0.3) is 0 Å². The Kier molecular flexibility index (Phi) is 5.40. The van der Waals surface area contributed by atoms with Crippen LogP contribution in [0.5, 0.6) is 0 Å². The fraction of sp³-hybridized carbons (Fsp3) is 0.923. The van der Waals surface area contributed by atoms with Gasteiger partial charge in [-0.1, -0.05) is 0 Å². The van der Waals surface area contributed by atoms with Crippen LogP contribution in [0.4, 0.5) is 4.79 Å². The predicted octanol–water partition coefficient (Wildman–Crippen LogP) is 1.09. The lowest BCUT2D eigenvalue weighted by molar-refractivity contribution is 0.0382. The number of hydrogen-bond donors (Lipinski definition) is 3. The Morgan fingerprint density at radius 2 is 1.75 bits per heavy atom. The highest BCUT2D eigenvalue weighted by atomic mass is 35.5. The number of piperidine rings is 1. The molecule has 1 heterocycles. The third kappa shape index (κ3) is 3.50. The van der Waals surface area contributed by atoms with Crippen LogP contribution in [-0.2, 0) is 0 Å². The smallest absolute Gasteiger partial charge is 0.314 e. The standard InChI is InChI=1S/C13H23Cl2N3O2/c14-9-5-8(11(19)6-10(9)15)12(16)7-1-3-18(4-2-7)13(17)20/h7-12,19H,1-6,16H2,(H2,17,20)/t8?,9?,10?,11?,12-/m1/s1. The summed E-state index contributed by atoms with van der Waals surface area (Å²) in [4.78, 5) is 12.7. The molecule has 116 valence electrons. The van der Waals surface area contributed by atoms with E-state index in [9.17, 15) is 9.90 Å². The molecule has 0 bridgehead atoms. The van der Waals surface area contributed by atoms with Crippen LogP contribution in [0.1, 0.15) is 25.7 Å². The van der Waals surface area contributed by atoms with Crippen molar-refractivity contribution in [1.82, 2.24) is 4.90 Å². The Morgan fingerprint density at radius 1 is 1.20 bits per heavy atom. The fourth-order valence-electron chi connectivity index (χ4n) is 3.39. The third-order valence-corrected chi connectivity index (χ3v) is 5.83. The Morgan fingerprint density at radius 3 is 2.30 bits per heavy atom. The highest BCUT2D eigenvalue weighted by Gasteiger charge is 2.40. The highest BCUT2D eigenvalue weighted by Crippen LogP contribution is 2.36. The van der Waals surface area contributed by atoms with Gasteiger partial charge in [-0.2, -0.15) is 0 Å². The summed E-state index contributed by atoms with van der Waals surface area (Å²) in [6.45, 7) is 1.28. The number of alkyl halides is 2. The summed E-state index contributed by atoms with van der Waals surface area (Å²) >= 11 is 12.3. The number of rotatable bonds is 2. The Hall–Kier alpha value is -0.230. The van der Waals surface area contributed by atoms with Gasteiger partial charge in [-0.25, -0.2) is 4.79 Å². The summed E-state index contributed by atoms with van der Waals surface area (Å²) < 4.78 is 0.